The third kappa shape index (κ3) is 3.96. The minimum Gasteiger partial charge on any atom is -0.507 e. The van der Waals surface area contributed by atoms with Crippen LogP contribution in [0.25, 0.3) is 0 Å². The van der Waals surface area contributed by atoms with Crippen LogP contribution in [0.15, 0.2) is 17.0 Å². The maximum Gasteiger partial charge on any atom is 0.460 e. The lowest BCUT2D eigenvalue weighted by Gasteiger charge is -2.38. The predicted octanol–water partition coefficient (Wildman–Crippen LogP) is 5.65. The van der Waals surface area contributed by atoms with E-state index in [0.29, 0.717) is 0 Å². The molecular weight excluding hydrogens is 491 g/mol. The summed E-state index contributed by atoms with van der Waals surface area (Å²) in [6, 6.07) is 2.33. The van der Waals surface area contributed by atoms with Gasteiger partial charge in [-0.1, -0.05) is 10.3 Å². The molecule has 31 heavy (non-hydrogen) atoms. The molecule has 0 amide bonds. The van der Waals surface area contributed by atoms with Crippen molar-refractivity contribution in [3.8, 4) is 5.75 Å². The molecule has 1 aliphatic heterocycles. The molecule has 1 saturated heterocycles. The van der Waals surface area contributed by atoms with Gasteiger partial charge in [-0.25, -0.2) is 3.63 Å². The van der Waals surface area contributed by atoms with Gasteiger partial charge in [-0.3, -0.25) is 0 Å². The Labute approximate surface area is 173 Å². The van der Waals surface area contributed by atoms with Crippen LogP contribution in [0.2, 0.25) is 0 Å². The highest BCUT2D eigenvalue weighted by Gasteiger charge is 2.86. The lowest BCUT2D eigenvalue weighted by atomic mass is 10.1. The Balaban J connectivity index is 2.58. The van der Waals surface area contributed by atoms with E-state index in [2.05, 4.69) is 3.63 Å². The van der Waals surface area contributed by atoms with E-state index in [1.165, 1.54) is 26.0 Å². The number of phenolic OH excluding ortho intramolecular Hbond substituents is 1. The van der Waals surface area contributed by atoms with E-state index in [4.69, 9.17) is 0 Å². The summed E-state index contributed by atoms with van der Waals surface area (Å²) in [5.74, 6) is -15.4. The van der Waals surface area contributed by atoms with Crippen LogP contribution in [0.3, 0.4) is 0 Å². The van der Waals surface area contributed by atoms with E-state index in [9.17, 15) is 53.0 Å². The van der Waals surface area contributed by atoms with Gasteiger partial charge in [-0.05, 0) is 49.9 Å². The maximum atomic E-state index is 14.1. The minimum absolute atomic E-state index is 0.0527. The predicted molar refractivity (Wildman–Crippen MR) is 93.3 cm³/mol. The van der Waals surface area contributed by atoms with E-state index < -0.39 is 43.7 Å². The van der Waals surface area contributed by atoms with E-state index in [-0.39, 0.29) is 46.1 Å². The molecule has 1 aromatic carbocycles. The molecular formula is C16H17F9O4S2. The molecule has 0 aliphatic carbocycles. The van der Waals surface area contributed by atoms with Gasteiger partial charge in [-0.15, -0.1) is 0 Å². The zero-order valence-electron chi connectivity index (χ0n) is 15.9. The van der Waals surface area contributed by atoms with Crippen molar-refractivity contribution < 1.29 is 56.7 Å². The number of hydrogen-bond donors (Lipinski definition) is 1. The molecule has 1 N–H and O–H groups in total. The Morgan fingerprint density at radius 1 is 0.871 bits per heavy atom. The van der Waals surface area contributed by atoms with Gasteiger partial charge in [0.25, 0.3) is 0 Å². The maximum absolute atomic E-state index is 14.1. The van der Waals surface area contributed by atoms with Gasteiger partial charge in [-0.2, -0.15) is 47.9 Å². The van der Waals surface area contributed by atoms with Crippen LogP contribution in [-0.4, -0.2) is 48.3 Å². The Kier molecular flexibility index (Phi) is 6.36. The summed E-state index contributed by atoms with van der Waals surface area (Å²) in [4.78, 5) is -0.0527. The van der Waals surface area contributed by atoms with Crippen LogP contribution >= 0.6 is 10.3 Å². The third-order valence-corrected chi connectivity index (χ3v) is 10.4. The number of alkyl halides is 9. The Bertz CT molecular complexity index is 929. The van der Waals surface area contributed by atoms with Gasteiger partial charge in [0.1, 0.15) is 5.75 Å². The van der Waals surface area contributed by atoms with Gasteiger partial charge in [0.2, 0.25) is 0 Å². The second kappa shape index (κ2) is 7.61. The first kappa shape index (κ1) is 25.9. The molecule has 1 fully saturated rings. The van der Waals surface area contributed by atoms with Gasteiger partial charge < -0.3 is 5.11 Å². The van der Waals surface area contributed by atoms with Crippen LogP contribution in [0, 0.1) is 13.8 Å². The van der Waals surface area contributed by atoms with E-state index >= 15 is 0 Å². The van der Waals surface area contributed by atoms with Gasteiger partial charge >= 0.3 is 33.4 Å². The molecule has 0 bridgehead atoms. The fourth-order valence-electron chi connectivity index (χ4n) is 2.98. The average Bonchev–Trinajstić information content (AvgIpc) is 3.06. The van der Waals surface area contributed by atoms with Crippen LogP contribution in [0.5, 0.6) is 5.75 Å². The Morgan fingerprint density at radius 2 is 1.29 bits per heavy atom. The van der Waals surface area contributed by atoms with E-state index in [1.54, 1.807) is 0 Å². The molecule has 0 aromatic heterocycles. The van der Waals surface area contributed by atoms with Crippen molar-refractivity contribution in [3.63, 3.8) is 0 Å². The second-order valence-corrected chi connectivity index (χ2v) is 11.9. The first-order chi connectivity index (χ1) is 13.7. The Morgan fingerprint density at radius 3 is 1.68 bits per heavy atom. The molecule has 180 valence electrons. The minimum atomic E-state index is -7.36. The SMILES string of the molecule is Cc1cc(S2(OS(=O)(=O)C(F)(F)C(F)(F)C(F)(F)C(F)(F)F)CCCC2)cc(C)c1O. The number of rotatable bonds is 6. The lowest BCUT2D eigenvalue weighted by molar-refractivity contribution is -0.382. The molecule has 15 heteroatoms. The first-order valence-electron chi connectivity index (χ1n) is 8.48. The highest BCUT2D eigenvalue weighted by Crippen LogP contribution is 2.65. The van der Waals surface area contributed by atoms with Crippen molar-refractivity contribution in [2.45, 2.75) is 54.9 Å². The molecule has 0 saturated carbocycles. The summed E-state index contributed by atoms with van der Waals surface area (Å²) in [6.07, 6.45) is -6.76. The summed E-state index contributed by atoms with van der Waals surface area (Å²) >= 11 is 0. The summed E-state index contributed by atoms with van der Waals surface area (Å²) < 4.78 is 147. The van der Waals surface area contributed by atoms with Crippen LogP contribution in [0.1, 0.15) is 24.0 Å². The van der Waals surface area contributed by atoms with Crippen LogP contribution in [0.4, 0.5) is 39.5 Å². The van der Waals surface area contributed by atoms with Crippen molar-refractivity contribution in [1.29, 1.82) is 0 Å². The average molecular weight is 508 g/mol. The van der Waals surface area contributed by atoms with E-state index in [1.807, 2.05) is 0 Å². The number of aryl methyl sites for hydroxylation is 2. The number of halogens is 9. The fourth-order valence-corrected chi connectivity index (χ4v) is 8.79. The topological polar surface area (TPSA) is 63.6 Å². The van der Waals surface area contributed by atoms with Gasteiger partial charge in [0.15, 0.2) is 0 Å². The van der Waals surface area contributed by atoms with Gasteiger partial charge in [0.05, 0.1) is 0 Å². The van der Waals surface area contributed by atoms with Crippen molar-refractivity contribution in [2.75, 3.05) is 11.5 Å². The standard InChI is InChI=1S/C16H17F9O4S2/c1-9-7-11(8-10(2)12(9)26)30(5-3-4-6-30)29-31(27,28)16(24,25)14(19,20)13(17,18)15(21,22)23/h7-8,26H,3-6H2,1-2H3. The third-order valence-electron chi connectivity index (χ3n) is 4.74. The number of phenols is 1. The van der Waals surface area contributed by atoms with Gasteiger partial charge in [0, 0.05) is 16.4 Å². The monoisotopic (exact) mass is 508 g/mol. The first-order valence-corrected chi connectivity index (χ1v) is 11.8. The zero-order valence-corrected chi connectivity index (χ0v) is 17.5. The molecule has 1 aromatic rings. The largest absolute Gasteiger partial charge is 0.507 e. The molecule has 0 unspecified atom stereocenters. The second-order valence-electron chi connectivity index (χ2n) is 7.02. The smallest absolute Gasteiger partial charge is 0.460 e. The summed E-state index contributed by atoms with van der Waals surface area (Å²) in [6.45, 7) is 2.74. The molecule has 0 radical (unpaired) electrons. The summed E-state index contributed by atoms with van der Waals surface area (Å²) in [5.41, 5.74) is 0.325. The molecule has 0 spiro atoms. The fraction of sp³-hybridized carbons (Fsp3) is 0.625. The van der Waals surface area contributed by atoms with Crippen molar-refractivity contribution in [3.05, 3.63) is 23.3 Å². The summed E-state index contributed by atoms with van der Waals surface area (Å²) in [5, 5.41) is 2.93. The quantitative estimate of drug-likeness (QED) is 0.505. The van der Waals surface area contributed by atoms with Crippen LogP contribution in [-0.2, 0) is 13.7 Å². The molecule has 1 aliphatic rings. The number of benzene rings is 1. The lowest BCUT2D eigenvalue weighted by Crippen LogP contribution is -2.63. The number of hydrogen-bond acceptors (Lipinski definition) is 4. The normalized spacial score (nSPS) is 19.5. The van der Waals surface area contributed by atoms with Crippen LogP contribution < -0.4 is 0 Å². The molecule has 4 nitrogen and oxygen atoms in total. The van der Waals surface area contributed by atoms with Crippen molar-refractivity contribution >= 4 is 20.4 Å². The number of aromatic hydroxyl groups is 1. The molecule has 2 rings (SSSR count). The molecule has 0 atom stereocenters. The van der Waals surface area contributed by atoms with Crippen molar-refractivity contribution in [2.24, 2.45) is 0 Å². The highest BCUT2D eigenvalue weighted by molar-refractivity contribution is 8.33. The zero-order chi connectivity index (χ0) is 24.3. The van der Waals surface area contributed by atoms with E-state index in [0.717, 1.165) is 0 Å². The highest BCUT2D eigenvalue weighted by atomic mass is 32.3. The van der Waals surface area contributed by atoms with Crippen molar-refractivity contribution in [1.82, 2.24) is 0 Å². The Hall–Kier alpha value is -1.35. The molecule has 1 heterocycles. The summed E-state index contributed by atoms with van der Waals surface area (Å²) in [7, 11) is -10.3.